The first-order valence-electron chi connectivity index (χ1n) is 9.41. The summed E-state index contributed by atoms with van der Waals surface area (Å²) in [6, 6.07) is 14.4. The van der Waals surface area contributed by atoms with Gasteiger partial charge in [0, 0.05) is 6.42 Å². The lowest BCUT2D eigenvalue weighted by molar-refractivity contribution is -0.141. The van der Waals surface area contributed by atoms with Gasteiger partial charge in [-0.05, 0) is 24.3 Å². The summed E-state index contributed by atoms with van der Waals surface area (Å²) in [5.41, 5.74) is -7.41. The largest absolute Gasteiger partial charge is 0.433 e. The van der Waals surface area contributed by atoms with Crippen LogP contribution in [0.3, 0.4) is 0 Å². The van der Waals surface area contributed by atoms with Crippen LogP contribution in [-0.4, -0.2) is 19.6 Å². The van der Waals surface area contributed by atoms with Gasteiger partial charge in [0.1, 0.15) is 11.4 Å². The average Bonchev–Trinajstić information content (AvgIpc) is 3.27. The van der Waals surface area contributed by atoms with Crippen LogP contribution in [0.1, 0.15) is 22.5 Å². The molecule has 12 heteroatoms. The fourth-order valence-electron chi connectivity index (χ4n) is 3.44. The molecule has 4 aromatic rings. The molecule has 0 aliphatic heterocycles. The number of hydrogen-bond donors (Lipinski definition) is 2. The fourth-order valence-corrected chi connectivity index (χ4v) is 3.44. The molecule has 2 aromatic heterocycles. The van der Waals surface area contributed by atoms with Crippen LogP contribution >= 0.6 is 0 Å². The molecule has 6 nitrogen and oxygen atoms in total. The van der Waals surface area contributed by atoms with Crippen LogP contribution in [-0.2, 0) is 18.8 Å². The van der Waals surface area contributed by atoms with Crippen molar-refractivity contribution in [3.05, 3.63) is 104 Å². The Morgan fingerprint density at radius 1 is 0.606 bits per heavy atom. The number of halogens is 6. The second-order valence-corrected chi connectivity index (χ2v) is 7.06. The quantitative estimate of drug-likeness (QED) is 0.439. The highest BCUT2D eigenvalue weighted by atomic mass is 19.4. The molecule has 2 N–H and O–H groups in total. The average molecular weight is 468 g/mol. The molecular formula is C21H14F6N4O2. The molecule has 0 aliphatic carbocycles. The first-order valence-corrected chi connectivity index (χ1v) is 9.41. The molecule has 0 saturated carbocycles. The van der Waals surface area contributed by atoms with Gasteiger partial charge in [-0.15, -0.1) is 0 Å². The van der Waals surface area contributed by atoms with Crippen molar-refractivity contribution in [1.82, 2.24) is 19.6 Å². The maximum absolute atomic E-state index is 13.7. The number of aromatic nitrogens is 4. The molecule has 0 unspecified atom stereocenters. The molecule has 172 valence electrons. The van der Waals surface area contributed by atoms with Crippen LogP contribution in [0.15, 0.2) is 70.3 Å². The van der Waals surface area contributed by atoms with Gasteiger partial charge < -0.3 is 0 Å². The predicted molar refractivity (Wildman–Crippen MR) is 106 cm³/mol. The van der Waals surface area contributed by atoms with Crippen LogP contribution in [0, 0.1) is 0 Å². The minimum absolute atomic E-state index is 0.0473. The third-order valence-electron chi connectivity index (χ3n) is 4.92. The zero-order chi connectivity index (χ0) is 24.0. The third-order valence-corrected chi connectivity index (χ3v) is 4.92. The maximum atomic E-state index is 13.7. The van der Waals surface area contributed by atoms with E-state index in [1.807, 2.05) is 10.2 Å². The van der Waals surface area contributed by atoms with Crippen molar-refractivity contribution in [2.45, 2.75) is 18.8 Å². The van der Waals surface area contributed by atoms with E-state index in [1.165, 1.54) is 48.5 Å². The number of nitrogens with zero attached hydrogens (tertiary/aromatic N) is 2. The van der Waals surface area contributed by atoms with Gasteiger partial charge in [0.25, 0.3) is 11.1 Å². The second-order valence-electron chi connectivity index (χ2n) is 7.06. The van der Waals surface area contributed by atoms with E-state index in [1.54, 1.807) is 12.1 Å². The molecule has 2 aromatic carbocycles. The van der Waals surface area contributed by atoms with E-state index in [2.05, 4.69) is 0 Å². The van der Waals surface area contributed by atoms with E-state index in [4.69, 9.17) is 0 Å². The second kappa shape index (κ2) is 7.87. The summed E-state index contributed by atoms with van der Waals surface area (Å²) >= 11 is 0. The Kier molecular flexibility index (Phi) is 5.30. The van der Waals surface area contributed by atoms with Crippen LogP contribution in [0.25, 0.3) is 11.4 Å². The van der Waals surface area contributed by atoms with Crippen molar-refractivity contribution in [3.8, 4) is 11.4 Å². The molecule has 0 spiro atoms. The molecule has 0 amide bonds. The van der Waals surface area contributed by atoms with Crippen molar-refractivity contribution >= 4 is 0 Å². The zero-order valence-corrected chi connectivity index (χ0v) is 16.5. The van der Waals surface area contributed by atoms with Crippen molar-refractivity contribution in [3.63, 3.8) is 0 Å². The number of hydrogen-bond acceptors (Lipinski definition) is 2. The van der Waals surface area contributed by atoms with Crippen molar-refractivity contribution in [2.24, 2.45) is 0 Å². The van der Waals surface area contributed by atoms with Gasteiger partial charge in [0.2, 0.25) is 0 Å². The van der Waals surface area contributed by atoms with E-state index < -0.39 is 52.4 Å². The lowest BCUT2D eigenvalue weighted by Gasteiger charge is -2.08. The van der Waals surface area contributed by atoms with Gasteiger partial charge in [0.15, 0.2) is 0 Å². The van der Waals surface area contributed by atoms with E-state index in [9.17, 15) is 35.9 Å². The molecule has 0 aliphatic rings. The van der Waals surface area contributed by atoms with Gasteiger partial charge in [0.05, 0.1) is 22.5 Å². The first kappa shape index (κ1) is 22.2. The Bertz CT molecular complexity index is 1290. The lowest BCUT2D eigenvalue weighted by atomic mass is 10.0. The molecule has 0 radical (unpaired) electrons. The maximum Gasteiger partial charge on any atom is 0.433 e. The molecular weight excluding hydrogens is 454 g/mol. The summed E-state index contributed by atoms with van der Waals surface area (Å²) in [6.45, 7) is 0. The minimum atomic E-state index is -5.08. The topological polar surface area (TPSA) is 75.6 Å². The molecule has 0 bridgehead atoms. The summed E-state index contributed by atoms with van der Waals surface area (Å²) in [5, 5.41) is 3.84. The van der Waals surface area contributed by atoms with Crippen LogP contribution in [0.2, 0.25) is 0 Å². The predicted octanol–water partition coefficient (Wildman–Crippen LogP) is 4.27. The van der Waals surface area contributed by atoms with Gasteiger partial charge in [-0.1, -0.05) is 36.4 Å². The van der Waals surface area contributed by atoms with Crippen molar-refractivity contribution < 1.29 is 26.3 Å². The Morgan fingerprint density at radius 2 is 0.939 bits per heavy atom. The van der Waals surface area contributed by atoms with Crippen molar-refractivity contribution in [2.75, 3.05) is 0 Å². The SMILES string of the molecule is O=c1c(Cc2c(C(F)(F)F)[nH]n(-c3ccccc3)c2=O)c(C(F)(F)F)[nH]n1-c1ccccc1. The number of H-pyrrole nitrogens is 2. The Hall–Kier alpha value is -3.96. The number of aromatic amines is 2. The Balaban J connectivity index is 1.93. The standard InChI is InChI=1S/C21H14F6N4O2/c22-20(23,24)16-14(18(32)30(28-16)12-7-3-1-4-8-12)11-15-17(21(25,26)27)29-31(19(15)33)13-9-5-2-6-10-13/h1-10,28-29H,11H2. The van der Waals surface area contributed by atoms with Gasteiger partial charge in [-0.25, -0.2) is 9.36 Å². The molecule has 0 atom stereocenters. The van der Waals surface area contributed by atoms with Gasteiger partial charge in [-0.3, -0.25) is 19.8 Å². The summed E-state index contributed by atoms with van der Waals surface area (Å²) in [5.74, 6) is 0. The van der Waals surface area contributed by atoms with Crippen LogP contribution < -0.4 is 11.1 Å². The van der Waals surface area contributed by atoms with Crippen LogP contribution in [0.4, 0.5) is 26.3 Å². The number of alkyl halides is 6. The highest BCUT2D eigenvalue weighted by molar-refractivity contribution is 5.39. The molecule has 0 saturated heterocycles. The molecule has 2 heterocycles. The van der Waals surface area contributed by atoms with Crippen molar-refractivity contribution in [1.29, 1.82) is 0 Å². The summed E-state index contributed by atoms with van der Waals surface area (Å²) in [6.07, 6.45) is -11.3. The monoisotopic (exact) mass is 468 g/mol. The number of rotatable bonds is 4. The first-order chi connectivity index (χ1) is 15.5. The van der Waals surface area contributed by atoms with E-state index in [-0.39, 0.29) is 11.4 Å². The normalized spacial score (nSPS) is 12.3. The highest BCUT2D eigenvalue weighted by Crippen LogP contribution is 2.34. The molecule has 0 fully saturated rings. The molecule has 4 rings (SSSR count). The van der Waals surface area contributed by atoms with E-state index in [0.29, 0.717) is 9.36 Å². The lowest BCUT2D eigenvalue weighted by Crippen LogP contribution is -2.22. The minimum Gasteiger partial charge on any atom is -0.286 e. The highest BCUT2D eigenvalue weighted by Gasteiger charge is 2.42. The number of para-hydroxylation sites is 2. The van der Waals surface area contributed by atoms with E-state index in [0.717, 1.165) is 0 Å². The fraction of sp³-hybridized carbons (Fsp3) is 0.143. The summed E-state index contributed by atoms with van der Waals surface area (Å²) < 4.78 is 83.2. The smallest absolute Gasteiger partial charge is 0.286 e. The Morgan fingerprint density at radius 3 is 1.24 bits per heavy atom. The van der Waals surface area contributed by atoms with Gasteiger partial charge in [-0.2, -0.15) is 26.3 Å². The number of benzene rings is 2. The molecule has 33 heavy (non-hydrogen) atoms. The number of nitrogens with one attached hydrogen (secondary N) is 2. The zero-order valence-electron chi connectivity index (χ0n) is 16.5. The van der Waals surface area contributed by atoms with Crippen LogP contribution in [0.5, 0.6) is 0 Å². The Labute approximate surface area is 180 Å². The summed E-state index contributed by atoms with van der Waals surface area (Å²) in [4.78, 5) is 25.6. The third kappa shape index (κ3) is 4.11. The summed E-state index contributed by atoms with van der Waals surface area (Å²) in [7, 11) is 0. The van der Waals surface area contributed by atoms with E-state index >= 15 is 0 Å². The van der Waals surface area contributed by atoms with Gasteiger partial charge >= 0.3 is 12.4 Å².